The maximum atomic E-state index is 11.3. The standard InChI is InChI=1S/C12H15N3O2S/c1-3-17-10(16)4-6-15(2)12-11-9(5-7-18-11)13-8-14-12/h5,7-8H,3-4,6H2,1-2H3. The number of carbonyl (C=O) groups is 1. The zero-order valence-electron chi connectivity index (χ0n) is 10.4. The van der Waals surface area contributed by atoms with Crippen LogP contribution in [0.3, 0.4) is 0 Å². The van der Waals surface area contributed by atoms with Crippen LogP contribution in [0.4, 0.5) is 5.82 Å². The zero-order valence-corrected chi connectivity index (χ0v) is 11.2. The number of thiophene rings is 1. The number of fused-ring (bicyclic) bond motifs is 1. The highest BCUT2D eigenvalue weighted by Gasteiger charge is 2.11. The minimum absolute atomic E-state index is 0.180. The van der Waals surface area contributed by atoms with E-state index >= 15 is 0 Å². The van der Waals surface area contributed by atoms with Gasteiger partial charge >= 0.3 is 5.97 Å². The first-order valence-corrected chi connectivity index (χ1v) is 6.65. The van der Waals surface area contributed by atoms with E-state index in [1.54, 1.807) is 24.6 Å². The van der Waals surface area contributed by atoms with E-state index in [4.69, 9.17) is 4.74 Å². The fourth-order valence-electron chi connectivity index (χ4n) is 1.65. The predicted octanol–water partition coefficient (Wildman–Crippen LogP) is 2.08. The maximum Gasteiger partial charge on any atom is 0.307 e. The Kier molecular flexibility index (Phi) is 4.09. The van der Waals surface area contributed by atoms with Crippen molar-refractivity contribution in [2.75, 3.05) is 25.1 Å². The molecular weight excluding hydrogens is 250 g/mol. The summed E-state index contributed by atoms with van der Waals surface area (Å²) in [7, 11) is 1.92. The van der Waals surface area contributed by atoms with Crippen LogP contribution >= 0.6 is 11.3 Å². The first-order valence-electron chi connectivity index (χ1n) is 5.77. The fourth-order valence-corrected chi connectivity index (χ4v) is 2.53. The van der Waals surface area contributed by atoms with Crippen LogP contribution in [-0.2, 0) is 9.53 Å². The Balaban J connectivity index is 2.06. The summed E-state index contributed by atoms with van der Waals surface area (Å²) in [6, 6.07) is 1.96. The van der Waals surface area contributed by atoms with Gasteiger partial charge in [0.2, 0.25) is 0 Å². The van der Waals surface area contributed by atoms with Crippen LogP contribution in [0, 0.1) is 0 Å². The molecule has 2 heterocycles. The first kappa shape index (κ1) is 12.8. The largest absolute Gasteiger partial charge is 0.466 e. The number of carbonyl (C=O) groups excluding carboxylic acids is 1. The Labute approximate surface area is 109 Å². The van der Waals surface area contributed by atoms with E-state index in [0.29, 0.717) is 19.6 Å². The number of hydrogen-bond donors (Lipinski definition) is 0. The normalized spacial score (nSPS) is 10.6. The van der Waals surface area contributed by atoms with Crippen molar-refractivity contribution in [3.63, 3.8) is 0 Å². The van der Waals surface area contributed by atoms with Gasteiger partial charge in [0, 0.05) is 13.6 Å². The maximum absolute atomic E-state index is 11.3. The van der Waals surface area contributed by atoms with Crippen LogP contribution in [0.15, 0.2) is 17.8 Å². The number of anilines is 1. The molecule has 0 fully saturated rings. The van der Waals surface area contributed by atoms with Gasteiger partial charge in [-0.1, -0.05) is 0 Å². The molecule has 0 unspecified atom stereocenters. The molecule has 0 spiro atoms. The molecule has 6 heteroatoms. The predicted molar refractivity (Wildman–Crippen MR) is 71.9 cm³/mol. The molecule has 0 N–H and O–H groups in total. The van der Waals surface area contributed by atoms with E-state index in [1.807, 2.05) is 23.4 Å². The van der Waals surface area contributed by atoms with Gasteiger partial charge in [0.15, 0.2) is 0 Å². The van der Waals surface area contributed by atoms with Crippen LogP contribution in [0.1, 0.15) is 13.3 Å². The van der Waals surface area contributed by atoms with E-state index in [2.05, 4.69) is 9.97 Å². The number of aromatic nitrogens is 2. The van der Waals surface area contributed by atoms with Crippen molar-refractivity contribution in [1.82, 2.24) is 9.97 Å². The minimum Gasteiger partial charge on any atom is -0.466 e. The average molecular weight is 265 g/mol. The number of hydrogen-bond acceptors (Lipinski definition) is 6. The molecule has 96 valence electrons. The quantitative estimate of drug-likeness (QED) is 0.775. The van der Waals surface area contributed by atoms with Gasteiger partial charge in [0.05, 0.1) is 23.2 Å². The van der Waals surface area contributed by atoms with E-state index in [9.17, 15) is 4.79 Å². The smallest absolute Gasteiger partial charge is 0.307 e. The second kappa shape index (κ2) is 5.77. The van der Waals surface area contributed by atoms with Gasteiger partial charge in [-0.3, -0.25) is 4.79 Å². The third kappa shape index (κ3) is 2.76. The third-order valence-electron chi connectivity index (χ3n) is 2.54. The molecule has 0 radical (unpaired) electrons. The lowest BCUT2D eigenvalue weighted by atomic mass is 10.3. The topological polar surface area (TPSA) is 55.3 Å². The van der Waals surface area contributed by atoms with E-state index in [0.717, 1.165) is 16.0 Å². The van der Waals surface area contributed by atoms with Gasteiger partial charge in [-0.15, -0.1) is 11.3 Å². The molecule has 0 bridgehead atoms. The minimum atomic E-state index is -0.180. The summed E-state index contributed by atoms with van der Waals surface area (Å²) in [5.74, 6) is 0.681. The van der Waals surface area contributed by atoms with Gasteiger partial charge in [-0.2, -0.15) is 0 Å². The molecule has 5 nitrogen and oxygen atoms in total. The molecule has 0 aliphatic carbocycles. The molecule has 0 saturated heterocycles. The van der Waals surface area contributed by atoms with Gasteiger partial charge in [-0.05, 0) is 18.4 Å². The summed E-state index contributed by atoms with van der Waals surface area (Å²) in [5, 5.41) is 1.99. The molecule has 0 saturated carbocycles. The molecule has 0 aliphatic heterocycles. The molecule has 0 amide bonds. The van der Waals surface area contributed by atoms with Crippen molar-refractivity contribution in [3.05, 3.63) is 17.8 Å². The van der Waals surface area contributed by atoms with Crippen molar-refractivity contribution in [2.45, 2.75) is 13.3 Å². The van der Waals surface area contributed by atoms with Crippen LogP contribution in [0.5, 0.6) is 0 Å². The summed E-state index contributed by atoms with van der Waals surface area (Å²) < 4.78 is 5.95. The van der Waals surface area contributed by atoms with Crippen molar-refractivity contribution < 1.29 is 9.53 Å². The van der Waals surface area contributed by atoms with E-state index in [1.165, 1.54) is 0 Å². The summed E-state index contributed by atoms with van der Waals surface area (Å²) in [6.07, 6.45) is 1.91. The van der Waals surface area contributed by atoms with Crippen LogP contribution in [-0.4, -0.2) is 36.1 Å². The fraction of sp³-hybridized carbons (Fsp3) is 0.417. The molecule has 2 aromatic heterocycles. The monoisotopic (exact) mass is 265 g/mol. The summed E-state index contributed by atoms with van der Waals surface area (Å²) in [6.45, 7) is 2.81. The Morgan fingerprint density at radius 1 is 1.50 bits per heavy atom. The van der Waals surface area contributed by atoms with Gasteiger partial charge in [0.1, 0.15) is 12.1 Å². The lowest BCUT2D eigenvalue weighted by Gasteiger charge is -2.17. The molecule has 18 heavy (non-hydrogen) atoms. The van der Waals surface area contributed by atoms with Crippen molar-refractivity contribution >= 4 is 33.3 Å². The Hall–Kier alpha value is -1.69. The summed E-state index contributed by atoms with van der Waals surface area (Å²) >= 11 is 1.60. The van der Waals surface area contributed by atoms with Crippen LogP contribution < -0.4 is 4.90 Å². The van der Waals surface area contributed by atoms with E-state index < -0.39 is 0 Å². The number of nitrogens with zero attached hydrogens (tertiary/aromatic N) is 3. The molecule has 2 aromatic rings. The molecule has 0 atom stereocenters. The van der Waals surface area contributed by atoms with E-state index in [-0.39, 0.29) is 5.97 Å². The second-order valence-corrected chi connectivity index (χ2v) is 4.72. The molecule has 0 aliphatic rings. The third-order valence-corrected chi connectivity index (χ3v) is 3.44. The van der Waals surface area contributed by atoms with Crippen LogP contribution in [0.25, 0.3) is 10.2 Å². The zero-order chi connectivity index (χ0) is 13.0. The Morgan fingerprint density at radius 2 is 2.33 bits per heavy atom. The average Bonchev–Trinajstić information content (AvgIpc) is 2.84. The molecule has 2 rings (SSSR count). The number of esters is 1. The van der Waals surface area contributed by atoms with Crippen molar-refractivity contribution in [3.8, 4) is 0 Å². The Bertz CT molecular complexity index is 541. The lowest BCUT2D eigenvalue weighted by Crippen LogP contribution is -2.23. The van der Waals surface area contributed by atoms with Gasteiger partial charge in [-0.25, -0.2) is 9.97 Å². The van der Waals surface area contributed by atoms with Gasteiger partial charge < -0.3 is 9.64 Å². The highest BCUT2D eigenvalue weighted by atomic mass is 32.1. The Morgan fingerprint density at radius 3 is 3.11 bits per heavy atom. The highest BCUT2D eigenvalue weighted by molar-refractivity contribution is 7.17. The summed E-state index contributed by atoms with van der Waals surface area (Å²) in [5.41, 5.74) is 0.938. The molecule has 0 aromatic carbocycles. The number of rotatable bonds is 5. The first-order chi connectivity index (χ1) is 8.72. The van der Waals surface area contributed by atoms with Crippen molar-refractivity contribution in [1.29, 1.82) is 0 Å². The second-order valence-electron chi connectivity index (χ2n) is 3.81. The van der Waals surface area contributed by atoms with Crippen molar-refractivity contribution in [2.24, 2.45) is 0 Å². The lowest BCUT2D eigenvalue weighted by molar-refractivity contribution is -0.142. The van der Waals surface area contributed by atoms with Crippen LogP contribution in [0.2, 0.25) is 0 Å². The summed E-state index contributed by atoms with van der Waals surface area (Å²) in [4.78, 5) is 21.7. The highest BCUT2D eigenvalue weighted by Crippen LogP contribution is 2.26. The number of ether oxygens (including phenoxy) is 1. The van der Waals surface area contributed by atoms with Gasteiger partial charge in [0.25, 0.3) is 0 Å². The SMILES string of the molecule is CCOC(=O)CCN(C)c1ncnc2ccsc12. The molecular formula is C12H15N3O2S.